The number of aliphatic hydroxyl groups excluding tert-OH is 4. The SMILES string of the molecule is C.C.C=Cc1cnc(Cl)c(Cl)c1.C=Cc1cnc(Cl)c(Cl)c1.CC(C)(C)O.CC(C)(C)O.OC[C@@H](O)c1cnc(Cl)c(Cl)c1.OC[C@H](O)c1cnc(Cl)c(Cl)c1. The molecule has 2 atom stereocenters. The van der Waals surface area contributed by atoms with Crippen LogP contribution in [0.25, 0.3) is 12.2 Å². The molecule has 0 aliphatic rings. The Kier molecular flexibility index (Phi) is 33.8. The lowest BCUT2D eigenvalue weighted by Crippen LogP contribution is -2.10. The van der Waals surface area contributed by atoms with Gasteiger partial charge < -0.3 is 30.6 Å². The van der Waals surface area contributed by atoms with Crippen LogP contribution in [0.1, 0.15) is 90.9 Å². The van der Waals surface area contributed by atoms with Gasteiger partial charge in [0.15, 0.2) is 0 Å². The first kappa shape index (κ1) is 60.8. The standard InChI is InChI=1S/2C7H7Cl2NO2.2C7H5Cl2N.2C4H10O.2CH4/c2*8-5-1-4(6(12)3-11)2-10-7(5)9;2*1-2-5-3-6(8)7(9)10-4-5;2*1-4(2,3)5;;/h2*1-2,6,11-12H,3H2;2*2-4H,1H2;2*5H,1-3H3;2*1H4/t2*6-;;;;;;/m10....../s1. The van der Waals surface area contributed by atoms with E-state index in [9.17, 15) is 0 Å². The third kappa shape index (κ3) is 31.2. The summed E-state index contributed by atoms with van der Waals surface area (Å²) in [5.41, 5.74) is 1.64. The van der Waals surface area contributed by atoms with E-state index in [2.05, 4.69) is 33.1 Å². The zero-order chi connectivity index (χ0) is 42.4. The molecule has 316 valence electrons. The highest BCUT2D eigenvalue weighted by atomic mass is 35.5. The van der Waals surface area contributed by atoms with Gasteiger partial charge in [0, 0.05) is 35.9 Å². The van der Waals surface area contributed by atoms with Crippen molar-refractivity contribution in [2.24, 2.45) is 0 Å². The van der Waals surface area contributed by atoms with Crippen LogP contribution in [0.2, 0.25) is 40.7 Å². The Morgan fingerprint density at radius 2 is 0.732 bits per heavy atom. The van der Waals surface area contributed by atoms with Crippen LogP contribution in [0.5, 0.6) is 0 Å². The van der Waals surface area contributed by atoms with Gasteiger partial charge >= 0.3 is 0 Å². The fraction of sp³-hybridized carbons (Fsp3) is 0.368. The zero-order valence-electron chi connectivity index (χ0n) is 30.3. The van der Waals surface area contributed by atoms with E-state index in [4.69, 9.17) is 123 Å². The number of hydrogen-bond acceptors (Lipinski definition) is 10. The summed E-state index contributed by atoms with van der Waals surface area (Å²) in [6.45, 7) is 16.9. The van der Waals surface area contributed by atoms with Gasteiger partial charge in [-0.1, -0.05) is 133 Å². The van der Waals surface area contributed by atoms with Crippen LogP contribution < -0.4 is 0 Å². The van der Waals surface area contributed by atoms with E-state index in [1.807, 2.05) is 0 Å². The number of aromatic nitrogens is 4. The fourth-order valence-electron chi connectivity index (χ4n) is 2.54. The molecule has 0 saturated heterocycles. The first-order chi connectivity index (χ1) is 24.8. The van der Waals surface area contributed by atoms with Gasteiger partial charge in [0.05, 0.1) is 44.5 Å². The molecule has 18 heteroatoms. The summed E-state index contributed by atoms with van der Waals surface area (Å²) < 4.78 is 0. The predicted molar refractivity (Wildman–Crippen MR) is 239 cm³/mol. The molecule has 0 aliphatic carbocycles. The second-order valence-electron chi connectivity index (χ2n) is 12.3. The molecular formula is C38H52Cl8N4O6. The second-order valence-corrected chi connectivity index (χ2v) is 15.4. The highest BCUT2D eigenvalue weighted by Gasteiger charge is 2.09. The highest BCUT2D eigenvalue weighted by molar-refractivity contribution is 6.42. The lowest BCUT2D eigenvalue weighted by Gasteiger charge is -2.06. The smallest absolute Gasteiger partial charge is 0.147 e. The van der Waals surface area contributed by atoms with E-state index in [1.54, 1.807) is 78.2 Å². The maximum Gasteiger partial charge on any atom is 0.147 e. The molecule has 0 amide bonds. The summed E-state index contributed by atoms with van der Waals surface area (Å²) in [4.78, 5) is 15.0. The third-order valence-corrected chi connectivity index (χ3v) is 7.60. The molecule has 0 aromatic carbocycles. The van der Waals surface area contributed by atoms with E-state index in [0.717, 1.165) is 11.1 Å². The fourth-order valence-corrected chi connectivity index (χ4v) is 3.66. The quantitative estimate of drug-likeness (QED) is 0.102. The number of nitrogens with zero attached hydrogens (tertiary/aromatic N) is 4. The summed E-state index contributed by atoms with van der Waals surface area (Å²) >= 11 is 44.8. The van der Waals surface area contributed by atoms with Crippen LogP contribution in [0.15, 0.2) is 62.2 Å². The van der Waals surface area contributed by atoms with Crippen LogP contribution in [-0.2, 0) is 0 Å². The maximum absolute atomic E-state index is 9.15. The minimum atomic E-state index is -0.952. The molecule has 0 radical (unpaired) electrons. The van der Waals surface area contributed by atoms with Crippen LogP contribution >= 0.6 is 92.8 Å². The largest absolute Gasteiger partial charge is 0.393 e. The van der Waals surface area contributed by atoms with Gasteiger partial charge in [0.1, 0.15) is 32.8 Å². The van der Waals surface area contributed by atoms with Crippen LogP contribution in [0, 0.1) is 0 Å². The van der Waals surface area contributed by atoms with Crippen LogP contribution in [0.4, 0.5) is 0 Å². The first-order valence-corrected chi connectivity index (χ1v) is 18.3. The molecule has 0 fully saturated rings. The topological polar surface area (TPSA) is 173 Å². The van der Waals surface area contributed by atoms with Gasteiger partial charge in [-0.3, -0.25) is 0 Å². The van der Waals surface area contributed by atoms with Crippen molar-refractivity contribution in [2.45, 2.75) is 79.8 Å². The third-order valence-electron chi connectivity index (χ3n) is 4.86. The number of rotatable bonds is 6. The molecular weight excluding hydrogens is 892 g/mol. The minimum absolute atomic E-state index is 0. The van der Waals surface area contributed by atoms with E-state index < -0.39 is 23.4 Å². The van der Waals surface area contributed by atoms with Crippen molar-refractivity contribution in [2.75, 3.05) is 13.2 Å². The number of aliphatic hydroxyl groups is 6. The summed E-state index contributed by atoms with van der Waals surface area (Å²) in [5.74, 6) is 0. The molecule has 0 aliphatic heterocycles. The van der Waals surface area contributed by atoms with Crippen molar-refractivity contribution in [1.29, 1.82) is 0 Å². The zero-order valence-corrected chi connectivity index (χ0v) is 36.3. The molecule has 4 aromatic rings. The van der Waals surface area contributed by atoms with Crippen LogP contribution in [0.3, 0.4) is 0 Å². The Bertz CT molecular complexity index is 1590. The predicted octanol–water partition coefficient (Wildman–Crippen LogP) is 11.7. The Balaban J connectivity index is -0.000000296. The van der Waals surface area contributed by atoms with E-state index in [1.165, 1.54) is 24.5 Å². The second kappa shape index (κ2) is 31.1. The number of hydrogen-bond donors (Lipinski definition) is 6. The number of halogens is 8. The van der Waals surface area contributed by atoms with Crippen molar-refractivity contribution < 1.29 is 30.6 Å². The van der Waals surface area contributed by atoms with Gasteiger partial charge in [-0.2, -0.15) is 0 Å². The van der Waals surface area contributed by atoms with E-state index in [-0.39, 0.29) is 48.4 Å². The normalized spacial score (nSPS) is 11.1. The lowest BCUT2D eigenvalue weighted by molar-refractivity contribution is 0.0953. The molecule has 4 aromatic heterocycles. The molecule has 6 N–H and O–H groups in total. The molecule has 56 heavy (non-hydrogen) atoms. The summed E-state index contributed by atoms with van der Waals surface area (Å²) in [7, 11) is 0. The minimum Gasteiger partial charge on any atom is -0.393 e. The molecule has 4 rings (SSSR count). The molecule has 0 bridgehead atoms. The van der Waals surface area contributed by atoms with E-state index in [0.29, 0.717) is 31.5 Å². The Morgan fingerprint density at radius 1 is 0.518 bits per heavy atom. The van der Waals surface area contributed by atoms with Gasteiger partial charge in [-0.25, -0.2) is 19.9 Å². The molecule has 10 nitrogen and oxygen atoms in total. The van der Waals surface area contributed by atoms with Crippen molar-refractivity contribution in [3.05, 3.63) is 125 Å². The van der Waals surface area contributed by atoms with Gasteiger partial charge in [-0.15, -0.1) is 0 Å². The van der Waals surface area contributed by atoms with Gasteiger partial charge in [0.25, 0.3) is 0 Å². The molecule has 0 unspecified atom stereocenters. The summed E-state index contributed by atoms with van der Waals surface area (Å²) in [6.07, 6.45) is 7.39. The monoisotopic (exact) mass is 940 g/mol. The maximum atomic E-state index is 9.15. The molecule has 0 saturated carbocycles. The van der Waals surface area contributed by atoms with Crippen molar-refractivity contribution in [3.63, 3.8) is 0 Å². The van der Waals surface area contributed by atoms with Crippen molar-refractivity contribution >= 4 is 105 Å². The summed E-state index contributed by atoms with van der Waals surface area (Å²) in [6, 6.07) is 6.36. The molecule has 0 spiro atoms. The lowest BCUT2D eigenvalue weighted by atomic mass is 10.2. The average molecular weight is 944 g/mol. The Labute approximate surface area is 371 Å². The highest BCUT2D eigenvalue weighted by Crippen LogP contribution is 2.24. The van der Waals surface area contributed by atoms with Crippen molar-refractivity contribution in [3.8, 4) is 0 Å². The Hall–Kier alpha value is -1.84. The first-order valence-electron chi connectivity index (χ1n) is 15.3. The Morgan fingerprint density at radius 3 is 0.911 bits per heavy atom. The van der Waals surface area contributed by atoms with Gasteiger partial charge in [0.2, 0.25) is 0 Å². The molecule has 4 heterocycles. The summed E-state index contributed by atoms with van der Waals surface area (Å²) in [5, 5.41) is 55.0. The van der Waals surface area contributed by atoms with Crippen molar-refractivity contribution in [1.82, 2.24) is 19.9 Å². The van der Waals surface area contributed by atoms with E-state index >= 15 is 0 Å². The van der Waals surface area contributed by atoms with Crippen LogP contribution in [-0.4, -0.2) is 75.0 Å². The number of pyridine rings is 4. The van der Waals surface area contributed by atoms with Gasteiger partial charge in [-0.05, 0) is 76.9 Å². The average Bonchev–Trinajstić information content (AvgIpc) is 3.08.